The van der Waals surface area contributed by atoms with Gasteiger partial charge >= 0.3 is 0 Å². The maximum atomic E-state index is 3.69. The summed E-state index contributed by atoms with van der Waals surface area (Å²) in [5, 5.41) is 0. The van der Waals surface area contributed by atoms with E-state index < -0.39 is 0 Å². The molecule has 0 saturated heterocycles. The Labute approximate surface area is 76.2 Å². The molecule has 0 rings (SSSR count). The normalized spacial score (nSPS) is 8.91. The summed E-state index contributed by atoms with van der Waals surface area (Å²) in [6.45, 7) is 12.6. The van der Waals surface area contributed by atoms with Crippen LogP contribution in [0.4, 0.5) is 0 Å². The van der Waals surface area contributed by atoms with Gasteiger partial charge in [-0.1, -0.05) is 19.1 Å². The van der Waals surface area contributed by atoms with Crippen molar-refractivity contribution in [3.8, 4) is 0 Å². The van der Waals surface area contributed by atoms with Crippen molar-refractivity contribution in [1.82, 2.24) is 4.90 Å². The topological polar surface area (TPSA) is 3.24 Å². The lowest BCUT2D eigenvalue weighted by molar-refractivity contribution is 0.336. The lowest BCUT2D eigenvalue weighted by Gasteiger charge is -2.16. The predicted octanol–water partition coefficient (Wildman–Crippen LogP) is 2.49. The van der Waals surface area contributed by atoms with E-state index in [-0.39, 0.29) is 12.4 Å². The Bertz CT molecular complexity index is 91.7. The summed E-state index contributed by atoms with van der Waals surface area (Å²) < 4.78 is 0. The molecule has 0 spiro atoms. The van der Waals surface area contributed by atoms with Gasteiger partial charge in [0.05, 0.1) is 0 Å². The molecule has 0 aromatic carbocycles. The van der Waals surface area contributed by atoms with E-state index >= 15 is 0 Å². The lowest BCUT2D eigenvalue weighted by Crippen LogP contribution is -2.24. The molecule has 0 aliphatic heterocycles. The molecule has 0 amide bonds. The van der Waals surface area contributed by atoms with Gasteiger partial charge in [0, 0.05) is 13.1 Å². The van der Waals surface area contributed by atoms with E-state index in [0.717, 1.165) is 19.6 Å². The van der Waals surface area contributed by atoms with Crippen LogP contribution in [0, 0.1) is 0 Å². The molecule has 0 aliphatic carbocycles. The molecule has 0 saturated carbocycles. The first-order valence-corrected chi connectivity index (χ1v) is 3.79. The van der Waals surface area contributed by atoms with E-state index in [0.29, 0.717) is 0 Å². The van der Waals surface area contributed by atoms with Gasteiger partial charge in [-0.2, -0.15) is 0 Å². The highest BCUT2D eigenvalue weighted by Crippen LogP contribution is 1.90. The average molecular weight is 176 g/mol. The van der Waals surface area contributed by atoms with Crippen LogP contribution in [0.5, 0.6) is 0 Å². The molecule has 66 valence electrons. The second kappa shape index (κ2) is 9.73. The van der Waals surface area contributed by atoms with E-state index in [9.17, 15) is 0 Å². The molecule has 0 bridgehead atoms. The van der Waals surface area contributed by atoms with E-state index in [1.54, 1.807) is 0 Å². The van der Waals surface area contributed by atoms with Crippen molar-refractivity contribution < 1.29 is 0 Å². The van der Waals surface area contributed by atoms with Crippen molar-refractivity contribution in [3.05, 3.63) is 25.3 Å². The van der Waals surface area contributed by atoms with Crippen LogP contribution in [0.25, 0.3) is 0 Å². The fraction of sp³-hybridized carbons (Fsp3) is 0.556. The molecule has 0 aromatic heterocycles. The molecule has 0 radical (unpaired) electrons. The van der Waals surface area contributed by atoms with Crippen molar-refractivity contribution in [1.29, 1.82) is 0 Å². The molecule has 0 aliphatic rings. The van der Waals surface area contributed by atoms with Gasteiger partial charge in [-0.15, -0.1) is 25.6 Å². The Balaban J connectivity index is 0. The average Bonchev–Trinajstić information content (AvgIpc) is 1.90. The summed E-state index contributed by atoms with van der Waals surface area (Å²) in [7, 11) is 0. The lowest BCUT2D eigenvalue weighted by atomic mass is 10.4. The fourth-order valence-corrected chi connectivity index (χ4v) is 0.938. The smallest absolute Gasteiger partial charge is 0.0163 e. The first kappa shape index (κ1) is 13.3. The monoisotopic (exact) mass is 175 g/mol. The van der Waals surface area contributed by atoms with Crippen molar-refractivity contribution >= 4 is 12.4 Å². The zero-order chi connectivity index (χ0) is 7.82. The summed E-state index contributed by atoms with van der Waals surface area (Å²) in [6, 6.07) is 0. The van der Waals surface area contributed by atoms with Crippen LogP contribution in [0.15, 0.2) is 25.3 Å². The second-order valence-electron chi connectivity index (χ2n) is 2.34. The Morgan fingerprint density at radius 2 is 1.64 bits per heavy atom. The minimum atomic E-state index is 0. The third-order valence-electron chi connectivity index (χ3n) is 1.31. The molecule has 1 nitrogen and oxygen atoms in total. The third-order valence-corrected chi connectivity index (χ3v) is 1.31. The van der Waals surface area contributed by atoms with Crippen LogP contribution in [0.2, 0.25) is 0 Å². The van der Waals surface area contributed by atoms with Crippen LogP contribution >= 0.6 is 12.4 Å². The quantitative estimate of drug-likeness (QED) is 0.561. The van der Waals surface area contributed by atoms with Gasteiger partial charge in [-0.25, -0.2) is 0 Å². The van der Waals surface area contributed by atoms with Crippen LogP contribution in [-0.2, 0) is 0 Å². The number of hydrogen-bond acceptors (Lipinski definition) is 1. The van der Waals surface area contributed by atoms with Gasteiger partial charge in [-0.05, 0) is 13.0 Å². The highest BCUT2D eigenvalue weighted by Gasteiger charge is 1.95. The van der Waals surface area contributed by atoms with E-state index in [1.807, 2.05) is 12.2 Å². The summed E-state index contributed by atoms with van der Waals surface area (Å²) >= 11 is 0. The first-order chi connectivity index (χ1) is 4.85. The first-order valence-electron chi connectivity index (χ1n) is 3.79. The largest absolute Gasteiger partial charge is 0.296 e. The predicted molar refractivity (Wildman–Crippen MR) is 54.4 cm³/mol. The molecule has 11 heavy (non-hydrogen) atoms. The van der Waals surface area contributed by atoms with Crippen molar-refractivity contribution in [3.63, 3.8) is 0 Å². The molecule has 0 aromatic rings. The van der Waals surface area contributed by atoms with E-state index in [1.165, 1.54) is 6.42 Å². The minimum absolute atomic E-state index is 0. The van der Waals surface area contributed by atoms with Gasteiger partial charge in [0.2, 0.25) is 0 Å². The molecular formula is C9H18ClN. The number of nitrogens with zero attached hydrogens (tertiary/aromatic N) is 1. The highest BCUT2D eigenvalue weighted by molar-refractivity contribution is 5.85. The molecule has 0 fully saturated rings. The van der Waals surface area contributed by atoms with Crippen LogP contribution in [0.3, 0.4) is 0 Å². The van der Waals surface area contributed by atoms with Crippen molar-refractivity contribution in [2.75, 3.05) is 19.6 Å². The van der Waals surface area contributed by atoms with E-state index in [2.05, 4.69) is 25.0 Å². The molecule has 0 heterocycles. The highest BCUT2D eigenvalue weighted by atomic mass is 35.5. The molecule has 0 N–H and O–H groups in total. The Kier molecular flexibility index (Phi) is 11.8. The number of rotatable bonds is 6. The van der Waals surface area contributed by atoms with E-state index in [4.69, 9.17) is 0 Å². The van der Waals surface area contributed by atoms with Crippen LogP contribution < -0.4 is 0 Å². The zero-order valence-corrected chi connectivity index (χ0v) is 8.07. The maximum Gasteiger partial charge on any atom is 0.0163 e. The Hall–Kier alpha value is -0.270. The zero-order valence-electron chi connectivity index (χ0n) is 7.25. The summed E-state index contributed by atoms with van der Waals surface area (Å²) in [6.07, 6.45) is 5.06. The summed E-state index contributed by atoms with van der Waals surface area (Å²) in [5.41, 5.74) is 0. The summed E-state index contributed by atoms with van der Waals surface area (Å²) in [5.74, 6) is 0. The third kappa shape index (κ3) is 7.63. The van der Waals surface area contributed by atoms with Crippen molar-refractivity contribution in [2.45, 2.75) is 13.3 Å². The molecule has 2 heteroatoms. The second-order valence-corrected chi connectivity index (χ2v) is 2.34. The van der Waals surface area contributed by atoms with Gasteiger partial charge in [-0.3, -0.25) is 4.90 Å². The molecule has 0 atom stereocenters. The molecule has 0 unspecified atom stereocenters. The fourth-order valence-electron chi connectivity index (χ4n) is 0.938. The van der Waals surface area contributed by atoms with Crippen LogP contribution in [0.1, 0.15) is 13.3 Å². The number of hydrogen-bond donors (Lipinski definition) is 0. The SMILES string of the molecule is C=CCN(CC=C)CCC.Cl. The maximum absolute atomic E-state index is 3.69. The van der Waals surface area contributed by atoms with Crippen LogP contribution in [-0.4, -0.2) is 24.5 Å². The van der Waals surface area contributed by atoms with Gasteiger partial charge in [0.25, 0.3) is 0 Å². The Morgan fingerprint density at radius 1 is 1.18 bits per heavy atom. The van der Waals surface area contributed by atoms with Crippen molar-refractivity contribution in [2.24, 2.45) is 0 Å². The van der Waals surface area contributed by atoms with Gasteiger partial charge in [0.1, 0.15) is 0 Å². The standard InChI is InChI=1S/C9H17N.ClH/c1-4-7-10(8-5-2)9-6-3;/h4-5H,1-2,6-9H2,3H3;1H. The number of halogens is 1. The summed E-state index contributed by atoms with van der Waals surface area (Å²) in [4.78, 5) is 2.31. The Morgan fingerprint density at radius 3 is 1.91 bits per heavy atom. The minimum Gasteiger partial charge on any atom is -0.296 e. The van der Waals surface area contributed by atoms with Gasteiger partial charge < -0.3 is 0 Å². The van der Waals surface area contributed by atoms with Gasteiger partial charge in [0.15, 0.2) is 0 Å². The molecular weight excluding hydrogens is 158 g/mol.